The molecule has 11 heteroatoms. The van der Waals surface area contributed by atoms with Gasteiger partial charge in [0, 0.05) is 19.7 Å². The van der Waals surface area contributed by atoms with Crippen molar-refractivity contribution in [3.05, 3.63) is 53.1 Å². The third kappa shape index (κ3) is 4.34. The van der Waals surface area contributed by atoms with Crippen molar-refractivity contribution in [2.24, 2.45) is 0 Å². The first-order chi connectivity index (χ1) is 14.1. The molecule has 3 rings (SSSR count). The Hall–Kier alpha value is -3.24. The Morgan fingerprint density at radius 2 is 2.00 bits per heavy atom. The first-order valence-electron chi connectivity index (χ1n) is 9.30. The Bertz CT molecular complexity index is 1020. The number of alkyl halides is 3. The summed E-state index contributed by atoms with van der Waals surface area (Å²) in [5.41, 5.74) is 0.00913. The molecule has 0 aliphatic rings. The van der Waals surface area contributed by atoms with Crippen LogP contribution in [0.4, 0.5) is 13.2 Å². The van der Waals surface area contributed by atoms with E-state index in [1.165, 1.54) is 21.8 Å². The van der Waals surface area contributed by atoms with Gasteiger partial charge in [-0.25, -0.2) is 9.67 Å². The second-order valence-corrected chi connectivity index (χ2v) is 7.03. The van der Waals surface area contributed by atoms with Crippen LogP contribution in [0.15, 0.2) is 29.0 Å². The average molecular weight is 422 g/mol. The van der Waals surface area contributed by atoms with Crippen molar-refractivity contribution in [3.63, 3.8) is 0 Å². The zero-order chi connectivity index (χ0) is 22.1. The van der Waals surface area contributed by atoms with Crippen LogP contribution in [0.2, 0.25) is 0 Å². The van der Waals surface area contributed by atoms with Gasteiger partial charge in [-0.1, -0.05) is 25.9 Å². The smallest absolute Gasteiger partial charge is 0.337 e. The molecule has 0 N–H and O–H groups in total. The van der Waals surface area contributed by atoms with Gasteiger partial charge in [-0.05, 0) is 18.1 Å². The van der Waals surface area contributed by atoms with Gasteiger partial charge in [0.25, 0.3) is 5.91 Å². The van der Waals surface area contributed by atoms with Crippen molar-refractivity contribution in [1.29, 1.82) is 0 Å². The van der Waals surface area contributed by atoms with Crippen molar-refractivity contribution >= 4 is 5.91 Å². The Labute approximate surface area is 170 Å². The lowest BCUT2D eigenvalue weighted by Crippen LogP contribution is -2.27. The fraction of sp³-hybridized carbons (Fsp3) is 0.421. The summed E-state index contributed by atoms with van der Waals surface area (Å²) >= 11 is 0. The molecule has 8 nitrogen and oxygen atoms in total. The van der Waals surface area contributed by atoms with E-state index < -0.39 is 11.7 Å². The van der Waals surface area contributed by atoms with E-state index in [1.807, 2.05) is 20.8 Å². The number of hydrogen-bond donors (Lipinski definition) is 0. The molecule has 0 saturated heterocycles. The second kappa shape index (κ2) is 8.25. The Kier molecular flexibility index (Phi) is 5.90. The summed E-state index contributed by atoms with van der Waals surface area (Å²) in [4.78, 5) is 22.5. The van der Waals surface area contributed by atoms with Crippen LogP contribution in [0.3, 0.4) is 0 Å². The minimum atomic E-state index is -4.48. The van der Waals surface area contributed by atoms with Crippen LogP contribution in [0.1, 0.15) is 60.0 Å². The fourth-order valence-corrected chi connectivity index (χ4v) is 2.92. The predicted molar refractivity (Wildman–Crippen MR) is 99.9 cm³/mol. The lowest BCUT2D eigenvalue weighted by atomic mass is 10.0. The van der Waals surface area contributed by atoms with Crippen molar-refractivity contribution in [2.75, 3.05) is 7.05 Å². The first-order valence-corrected chi connectivity index (χ1v) is 9.30. The third-order valence-corrected chi connectivity index (χ3v) is 4.42. The number of hydrogen-bond acceptors (Lipinski definition) is 6. The molecule has 3 heterocycles. The van der Waals surface area contributed by atoms with Gasteiger partial charge >= 0.3 is 6.18 Å². The van der Waals surface area contributed by atoms with Gasteiger partial charge in [0.2, 0.25) is 5.89 Å². The molecular weight excluding hydrogens is 401 g/mol. The van der Waals surface area contributed by atoms with E-state index in [4.69, 9.17) is 4.52 Å². The maximum absolute atomic E-state index is 13.0. The molecule has 1 amide bonds. The van der Waals surface area contributed by atoms with Gasteiger partial charge in [0.05, 0.1) is 29.6 Å². The molecule has 160 valence electrons. The minimum Gasteiger partial charge on any atom is -0.337 e. The molecule has 0 radical (unpaired) electrons. The van der Waals surface area contributed by atoms with Gasteiger partial charge in [-0.3, -0.25) is 4.79 Å². The number of carbonyl (C=O) groups excluding carboxylic acids is 1. The molecule has 0 aromatic carbocycles. The molecule has 0 saturated carbocycles. The zero-order valence-corrected chi connectivity index (χ0v) is 16.9. The molecule has 0 bridgehead atoms. The fourth-order valence-electron chi connectivity index (χ4n) is 2.92. The van der Waals surface area contributed by atoms with E-state index in [2.05, 4.69) is 20.2 Å². The Balaban J connectivity index is 1.89. The summed E-state index contributed by atoms with van der Waals surface area (Å²) < 4.78 is 44.9. The zero-order valence-electron chi connectivity index (χ0n) is 16.9. The molecular formula is C19H21F3N6O2. The quantitative estimate of drug-likeness (QED) is 0.603. The number of rotatable bonds is 6. The number of amides is 1. The van der Waals surface area contributed by atoms with Crippen LogP contribution >= 0.6 is 0 Å². The highest BCUT2D eigenvalue weighted by Gasteiger charge is 2.31. The van der Waals surface area contributed by atoms with Gasteiger partial charge < -0.3 is 9.42 Å². The molecule has 30 heavy (non-hydrogen) atoms. The molecule has 3 aromatic heterocycles. The number of aromatic nitrogens is 5. The number of pyridine rings is 1. The summed E-state index contributed by atoms with van der Waals surface area (Å²) in [6.07, 6.45) is -1.73. The summed E-state index contributed by atoms with van der Waals surface area (Å²) in [6, 6.07) is 2.16. The molecule has 0 aliphatic heterocycles. The van der Waals surface area contributed by atoms with E-state index >= 15 is 0 Å². The van der Waals surface area contributed by atoms with E-state index in [1.54, 1.807) is 7.05 Å². The summed E-state index contributed by atoms with van der Waals surface area (Å²) in [5, 5.41) is 8.01. The number of carbonyl (C=O) groups is 1. The summed E-state index contributed by atoms with van der Waals surface area (Å²) in [7, 11) is 1.59. The maximum atomic E-state index is 13.0. The highest BCUT2D eigenvalue weighted by molar-refractivity contribution is 5.95. The SMILES string of the molecule is CCc1noc(CN(C)C(=O)c2cnn(-c3ccc(C(F)(F)F)cn3)c2C(C)C)n1. The lowest BCUT2D eigenvalue weighted by Gasteiger charge is -2.17. The van der Waals surface area contributed by atoms with Gasteiger partial charge in [0.15, 0.2) is 11.6 Å². The topological polar surface area (TPSA) is 89.9 Å². The average Bonchev–Trinajstić information content (AvgIpc) is 3.33. The minimum absolute atomic E-state index is 0.118. The van der Waals surface area contributed by atoms with Gasteiger partial charge in [0.1, 0.15) is 0 Å². The maximum Gasteiger partial charge on any atom is 0.417 e. The van der Waals surface area contributed by atoms with Gasteiger partial charge in [-0.2, -0.15) is 23.3 Å². The van der Waals surface area contributed by atoms with Crippen molar-refractivity contribution in [3.8, 4) is 5.82 Å². The highest BCUT2D eigenvalue weighted by Crippen LogP contribution is 2.29. The normalized spacial score (nSPS) is 11.9. The highest BCUT2D eigenvalue weighted by atomic mass is 19.4. The predicted octanol–water partition coefficient (Wildman–Crippen LogP) is 3.63. The molecule has 0 aliphatic carbocycles. The van der Waals surface area contributed by atoms with E-state index in [0.717, 1.165) is 12.3 Å². The summed E-state index contributed by atoms with van der Waals surface area (Å²) in [6.45, 7) is 5.73. The van der Waals surface area contributed by atoms with E-state index in [0.29, 0.717) is 29.4 Å². The van der Waals surface area contributed by atoms with Crippen molar-refractivity contribution in [2.45, 2.75) is 45.8 Å². The van der Waals surface area contributed by atoms with Crippen LogP contribution < -0.4 is 0 Å². The standard InChI is InChI=1S/C19H21F3N6O2/c1-5-14-25-16(30-26-14)10-27(4)18(29)13-9-24-28(17(13)11(2)3)15-7-6-12(8-23-15)19(20,21)22/h6-9,11H,5,10H2,1-4H3. The van der Waals surface area contributed by atoms with Crippen molar-refractivity contribution < 1.29 is 22.5 Å². The Morgan fingerprint density at radius 3 is 2.53 bits per heavy atom. The first kappa shape index (κ1) is 21.5. The molecule has 0 unspecified atom stereocenters. The third-order valence-electron chi connectivity index (χ3n) is 4.42. The second-order valence-electron chi connectivity index (χ2n) is 7.03. The van der Waals surface area contributed by atoms with Crippen LogP contribution in [0.25, 0.3) is 5.82 Å². The molecule has 0 atom stereocenters. The van der Waals surface area contributed by atoms with Crippen LogP contribution in [-0.4, -0.2) is 42.8 Å². The van der Waals surface area contributed by atoms with Gasteiger partial charge in [-0.15, -0.1) is 0 Å². The monoisotopic (exact) mass is 422 g/mol. The molecule has 0 fully saturated rings. The Morgan fingerprint density at radius 1 is 1.27 bits per heavy atom. The number of nitrogens with zero attached hydrogens (tertiary/aromatic N) is 6. The summed E-state index contributed by atoms with van der Waals surface area (Å²) in [5.74, 6) is 0.588. The van der Waals surface area contributed by atoms with Crippen LogP contribution in [0.5, 0.6) is 0 Å². The van der Waals surface area contributed by atoms with Crippen molar-refractivity contribution in [1.82, 2.24) is 29.8 Å². The number of halogens is 3. The van der Waals surface area contributed by atoms with E-state index in [-0.39, 0.29) is 24.2 Å². The lowest BCUT2D eigenvalue weighted by molar-refractivity contribution is -0.137. The molecule has 3 aromatic rings. The largest absolute Gasteiger partial charge is 0.417 e. The number of aryl methyl sites for hydroxylation is 1. The van der Waals surface area contributed by atoms with E-state index in [9.17, 15) is 18.0 Å². The van der Waals surface area contributed by atoms with Crippen LogP contribution in [0, 0.1) is 0 Å². The molecule has 0 spiro atoms. The van der Waals surface area contributed by atoms with Crippen LogP contribution in [-0.2, 0) is 19.1 Å².